The van der Waals surface area contributed by atoms with E-state index in [1.54, 1.807) is 0 Å². The third-order valence-corrected chi connectivity index (χ3v) is 2.85. The number of carboxylic acid groups (broad SMARTS) is 2. The molecule has 0 aromatic heterocycles. The lowest BCUT2D eigenvalue weighted by atomic mass is 9.93. The number of hydrogen-bond acceptors (Lipinski definition) is 2. The SMILES string of the molecule is CCC(CCCCCC(=O)O)CCC(=O)O. The van der Waals surface area contributed by atoms with Crippen LogP contribution < -0.4 is 0 Å². The van der Waals surface area contributed by atoms with Crippen molar-refractivity contribution >= 4 is 11.9 Å². The van der Waals surface area contributed by atoms with Gasteiger partial charge in [-0.05, 0) is 18.8 Å². The van der Waals surface area contributed by atoms with E-state index in [1.165, 1.54) is 0 Å². The van der Waals surface area contributed by atoms with Gasteiger partial charge in [-0.3, -0.25) is 9.59 Å². The molecule has 0 amide bonds. The predicted octanol–water partition coefficient (Wildman–Crippen LogP) is 2.91. The zero-order valence-electron chi connectivity index (χ0n) is 9.95. The quantitative estimate of drug-likeness (QED) is 0.566. The van der Waals surface area contributed by atoms with E-state index in [9.17, 15) is 9.59 Å². The van der Waals surface area contributed by atoms with Gasteiger partial charge in [0.1, 0.15) is 0 Å². The Kier molecular flexibility index (Phi) is 8.58. The average Bonchev–Trinajstić information content (AvgIpc) is 2.21. The molecule has 2 N–H and O–H groups in total. The van der Waals surface area contributed by atoms with E-state index >= 15 is 0 Å². The molecule has 4 nitrogen and oxygen atoms in total. The second kappa shape index (κ2) is 9.19. The van der Waals surface area contributed by atoms with Crippen molar-refractivity contribution in [2.45, 2.75) is 58.3 Å². The van der Waals surface area contributed by atoms with Crippen molar-refractivity contribution in [3.8, 4) is 0 Å². The van der Waals surface area contributed by atoms with Crippen LogP contribution in [-0.4, -0.2) is 22.2 Å². The van der Waals surface area contributed by atoms with E-state index in [2.05, 4.69) is 6.92 Å². The van der Waals surface area contributed by atoms with Crippen LogP contribution in [0.5, 0.6) is 0 Å². The molecule has 0 bridgehead atoms. The standard InChI is InChI=1S/C12H22O4/c1-2-10(8-9-12(15)16)6-4-3-5-7-11(13)14/h10H,2-9H2,1H3,(H,13,14)(H,15,16). The molecule has 0 heterocycles. The lowest BCUT2D eigenvalue weighted by Gasteiger charge is -2.12. The van der Waals surface area contributed by atoms with Crippen molar-refractivity contribution in [2.75, 3.05) is 0 Å². The summed E-state index contributed by atoms with van der Waals surface area (Å²) in [5.74, 6) is -0.997. The van der Waals surface area contributed by atoms with Gasteiger partial charge in [0.25, 0.3) is 0 Å². The Labute approximate surface area is 96.7 Å². The van der Waals surface area contributed by atoms with Crippen molar-refractivity contribution in [1.82, 2.24) is 0 Å². The van der Waals surface area contributed by atoms with Crippen LogP contribution in [0.25, 0.3) is 0 Å². The van der Waals surface area contributed by atoms with Gasteiger partial charge in [-0.2, -0.15) is 0 Å². The molecule has 1 atom stereocenters. The zero-order valence-corrected chi connectivity index (χ0v) is 9.95. The van der Waals surface area contributed by atoms with E-state index in [-0.39, 0.29) is 12.8 Å². The first kappa shape index (κ1) is 14.9. The molecule has 0 aromatic carbocycles. The van der Waals surface area contributed by atoms with Crippen LogP contribution in [-0.2, 0) is 9.59 Å². The Morgan fingerprint density at radius 3 is 2.06 bits per heavy atom. The molecule has 0 aliphatic rings. The monoisotopic (exact) mass is 230 g/mol. The first-order chi connectivity index (χ1) is 7.56. The minimum atomic E-state index is -0.738. The van der Waals surface area contributed by atoms with E-state index < -0.39 is 11.9 Å². The van der Waals surface area contributed by atoms with Gasteiger partial charge in [-0.1, -0.05) is 32.6 Å². The number of aliphatic carboxylic acids is 2. The fourth-order valence-electron chi connectivity index (χ4n) is 1.77. The molecular weight excluding hydrogens is 208 g/mol. The lowest BCUT2D eigenvalue weighted by molar-refractivity contribution is -0.138. The third kappa shape index (κ3) is 9.49. The fourth-order valence-corrected chi connectivity index (χ4v) is 1.77. The summed E-state index contributed by atoms with van der Waals surface area (Å²) in [7, 11) is 0. The van der Waals surface area contributed by atoms with Gasteiger partial charge in [-0.25, -0.2) is 0 Å². The van der Waals surface area contributed by atoms with Gasteiger partial charge < -0.3 is 10.2 Å². The highest BCUT2D eigenvalue weighted by molar-refractivity contribution is 5.66. The van der Waals surface area contributed by atoms with E-state index in [1.807, 2.05) is 0 Å². The van der Waals surface area contributed by atoms with Crippen molar-refractivity contribution in [3.63, 3.8) is 0 Å². The number of hydrogen-bond donors (Lipinski definition) is 2. The first-order valence-corrected chi connectivity index (χ1v) is 5.99. The lowest BCUT2D eigenvalue weighted by Crippen LogP contribution is -2.04. The summed E-state index contributed by atoms with van der Waals surface area (Å²) in [4.78, 5) is 20.7. The normalized spacial score (nSPS) is 12.3. The number of carboxylic acids is 2. The maximum atomic E-state index is 10.4. The summed E-state index contributed by atoms with van der Waals surface area (Å²) in [5, 5.41) is 17.0. The van der Waals surface area contributed by atoms with Gasteiger partial charge in [0, 0.05) is 12.8 Å². The molecule has 0 fully saturated rings. The van der Waals surface area contributed by atoms with E-state index in [0.29, 0.717) is 5.92 Å². The van der Waals surface area contributed by atoms with Crippen LogP contribution in [0, 0.1) is 5.92 Å². The Hall–Kier alpha value is -1.06. The van der Waals surface area contributed by atoms with Crippen LogP contribution in [0.15, 0.2) is 0 Å². The van der Waals surface area contributed by atoms with Crippen molar-refractivity contribution in [1.29, 1.82) is 0 Å². The molecule has 0 aromatic rings. The molecule has 94 valence electrons. The van der Waals surface area contributed by atoms with E-state index in [4.69, 9.17) is 10.2 Å². The molecule has 16 heavy (non-hydrogen) atoms. The van der Waals surface area contributed by atoms with Crippen LogP contribution >= 0.6 is 0 Å². The molecule has 0 saturated carbocycles. The summed E-state index contributed by atoms with van der Waals surface area (Å²) in [5.41, 5.74) is 0. The molecule has 0 radical (unpaired) electrons. The van der Waals surface area contributed by atoms with Gasteiger partial charge >= 0.3 is 11.9 Å². The summed E-state index contributed by atoms with van der Waals surface area (Å²) < 4.78 is 0. The largest absolute Gasteiger partial charge is 0.481 e. The minimum Gasteiger partial charge on any atom is -0.481 e. The van der Waals surface area contributed by atoms with Gasteiger partial charge in [0.15, 0.2) is 0 Å². The molecule has 0 aliphatic heterocycles. The molecule has 4 heteroatoms. The molecule has 0 spiro atoms. The summed E-state index contributed by atoms with van der Waals surface area (Å²) in [6, 6.07) is 0. The maximum Gasteiger partial charge on any atom is 0.303 e. The number of rotatable bonds is 10. The topological polar surface area (TPSA) is 74.6 Å². The highest BCUT2D eigenvalue weighted by Crippen LogP contribution is 2.19. The van der Waals surface area contributed by atoms with Crippen LogP contribution in [0.4, 0.5) is 0 Å². The molecule has 0 rings (SSSR count). The van der Waals surface area contributed by atoms with Crippen molar-refractivity contribution in [2.24, 2.45) is 5.92 Å². The third-order valence-electron chi connectivity index (χ3n) is 2.85. The van der Waals surface area contributed by atoms with Crippen LogP contribution in [0.1, 0.15) is 58.3 Å². The predicted molar refractivity (Wildman–Crippen MR) is 61.4 cm³/mol. The first-order valence-electron chi connectivity index (χ1n) is 5.99. The van der Waals surface area contributed by atoms with Gasteiger partial charge in [0.05, 0.1) is 0 Å². The molecule has 0 saturated heterocycles. The van der Waals surface area contributed by atoms with Crippen molar-refractivity contribution < 1.29 is 19.8 Å². The Balaban J connectivity index is 3.47. The number of unbranched alkanes of at least 4 members (excludes halogenated alkanes) is 2. The van der Waals surface area contributed by atoms with Crippen LogP contribution in [0.3, 0.4) is 0 Å². The zero-order chi connectivity index (χ0) is 12.4. The highest BCUT2D eigenvalue weighted by Gasteiger charge is 2.08. The van der Waals surface area contributed by atoms with E-state index in [0.717, 1.165) is 38.5 Å². The molecule has 0 aliphatic carbocycles. The summed E-state index contributed by atoms with van der Waals surface area (Å²) >= 11 is 0. The Bertz CT molecular complexity index is 213. The van der Waals surface area contributed by atoms with Crippen molar-refractivity contribution in [3.05, 3.63) is 0 Å². The second-order valence-corrected chi connectivity index (χ2v) is 4.20. The average molecular weight is 230 g/mol. The highest BCUT2D eigenvalue weighted by atomic mass is 16.4. The smallest absolute Gasteiger partial charge is 0.303 e. The number of carbonyl (C=O) groups is 2. The molecule has 1 unspecified atom stereocenters. The summed E-state index contributed by atoms with van der Waals surface area (Å²) in [6.45, 7) is 2.07. The summed E-state index contributed by atoms with van der Waals surface area (Å²) in [6.07, 6.45) is 5.91. The Morgan fingerprint density at radius 1 is 0.938 bits per heavy atom. The minimum absolute atomic E-state index is 0.242. The Morgan fingerprint density at radius 2 is 1.56 bits per heavy atom. The van der Waals surface area contributed by atoms with Gasteiger partial charge in [-0.15, -0.1) is 0 Å². The fraction of sp³-hybridized carbons (Fsp3) is 0.833. The molecular formula is C12H22O4. The van der Waals surface area contributed by atoms with Crippen LogP contribution in [0.2, 0.25) is 0 Å². The maximum absolute atomic E-state index is 10.4. The van der Waals surface area contributed by atoms with Gasteiger partial charge in [0.2, 0.25) is 0 Å². The second-order valence-electron chi connectivity index (χ2n) is 4.20.